The van der Waals surface area contributed by atoms with Crippen LogP contribution in [0.5, 0.6) is 5.75 Å². The summed E-state index contributed by atoms with van der Waals surface area (Å²) in [6.45, 7) is 5.70. The summed E-state index contributed by atoms with van der Waals surface area (Å²) in [4.78, 5) is 5.56. The average molecular weight is 244 g/mol. The van der Waals surface area contributed by atoms with Gasteiger partial charge in [0.15, 0.2) is 0 Å². The maximum atomic E-state index is 5.35. The Morgan fingerprint density at radius 3 is 3.00 bits per heavy atom. The van der Waals surface area contributed by atoms with Gasteiger partial charge in [-0.1, -0.05) is 18.2 Å². The minimum Gasteiger partial charge on any atom is -0.495 e. The van der Waals surface area contributed by atoms with Crippen LogP contribution in [0.25, 0.3) is 10.9 Å². The summed E-state index contributed by atoms with van der Waals surface area (Å²) in [6.07, 6.45) is 5.03. The van der Waals surface area contributed by atoms with Crippen molar-refractivity contribution in [3.63, 3.8) is 0 Å². The van der Waals surface area contributed by atoms with Gasteiger partial charge >= 0.3 is 0 Å². The van der Waals surface area contributed by atoms with Crippen molar-refractivity contribution in [2.24, 2.45) is 0 Å². The Labute approximate surface area is 108 Å². The molecule has 96 valence electrons. The highest BCUT2D eigenvalue weighted by molar-refractivity contribution is 5.88. The van der Waals surface area contributed by atoms with Crippen LogP contribution in [0.1, 0.15) is 5.56 Å². The summed E-state index contributed by atoms with van der Waals surface area (Å²) in [5, 5.41) is 1.25. The standard InChI is InChI=1S/C15H20N2O/c1-4-9-17(2)10-8-12-11-16-15-13(12)6-5-7-14(15)18-3/h4-7,11,16H,1,8-10H2,2-3H3. The van der Waals surface area contributed by atoms with Gasteiger partial charge in [0.1, 0.15) is 5.75 Å². The van der Waals surface area contributed by atoms with Crippen LogP contribution in [-0.4, -0.2) is 37.1 Å². The van der Waals surface area contributed by atoms with E-state index in [2.05, 4.69) is 35.8 Å². The lowest BCUT2D eigenvalue weighted by atomic mass is 10.1. The quantitative estimate of drug-likeness (QED) is 0.791. The molecule has 0 unspecified atom stereocenters. The van der Waals surface area contributed by atoms with E-state index in [4.69, 9.17) is 4.74 Å². The van der Waals surface area contributed by atoms with E-state index in [0.29, 0.717) is 0 Å². The van der Waals surface area contributed by atoms with E-state index >= 15 is 0 Å². The number of methoxy groups -OCH3 is 1. The fourth-order valence-corrected chi connectivity index (χ4v) is 2.18. The fraction of sp³-hybridized carbons (Fsp3) is 0.333. The first-order chi connectivity index (χ1) is 8.76. The SMILES string of the molecule is C=CCN(C)CCc1c[nH]c2c(OC)cccc12. The van der Waals surface area contributed by atoms with Gasteiger partial charge in [-0.3, -0.25) is 0 Å². The van der Waals surface area contributed by atoms with E-state index in [0.717, 1.165) is 30.8 Å². The molecule has 0 saturated carbocycles. The molecule has 0 fully saturated rings. The zero-order chi connectivity index (χ0) is 13.0. The number of nitrogens with zero attached hydrogens (tertiary/aromatic N) is 1. The van der Waals surface area contributed by atoms with Crippen molar-refractivity contribution in [2.45, 2.75) is 6.42 Å². The van der Waals surface area contributed by atoms with Gasteiger partial charge in [0.2, 0.25) is 0 Å². The zero-order valence-corrected chi connectivity index (χ0v) is 11.1. The third kappa shape index (κ3) is 2.57. The second kappa shape index (κ2) is 5.74. The Kier molecular flexibility index (Phi) is 4.05. The van der Waals surface area contributed by atoms with Gasteiger partial charge in [0, 0.05) is 24.7 Å². The molecule has 0 aliphatic heterocycles. The monoisotopic (exact) mass is 244 g/mol. The number of aromatic amines is 1. The number of rotatable bonds is 6. The molecular weight excluding hydrogens is 224 g/mol. The van der Waals surface area contributed by atoms with E-state index in [1.165, 1.54) is 10.9 Å². The summed E-state index contributed by atoms with van der Waals surface area (Å²) in [5.41, 5.74) is 2.42. The van der Waals surface area contributed by atoms with E-state index in [9.17, 15) is 0 Å². The second-order valence-electron chi connectivity index (χ2n) is 4.50. The highest BCUT2D eigenvalue weighted by Gasteiger charge is 2.08. The van der Waals surface area contributed by atoms with Crippen molar-refractivity contribution < 1.29 is 4.74 Å². The van der Waals surface area contributed by atoms with Gasteiger partial charge in [-0.2, -0.15) is 0 Å². The van der Waals surface area contributed by atoms with Crippen LogP contribution in [0.4, 0.5) is 0 Å². The van der Waals surface area contributed by atoms with Crippen LogP contribution in [0, 0.1) is 0 Å². The molecule has 2 rings (SSSR count). The van der Waals surface area contributed by atoms with Crippen LogP contribution in [-0.2, 0) is 6.42 Å². The number of nitrogens with one attached hydrogen (secondary N) is 1. The predicted molar refractivity (Wildman–Crippen MR) is 76.2 cm³/mol. The molecule has 0 radical (unpaired) electrons. The number of aromatic nitrogens is 1. The highest BCUT2D eigenvalue weighted by atomic mass is 16.5. The summed E-state index contributed by atoms with van der Waals surface area (Å²) < 4.78 is 5.35. The molecule has 0 bridgehead atoms. The molecule has 1 N–H and O–H groups in total. The first kappa shape index (κ1) is 12.7. The molecule has 0 aliphatic carbocycles. The minimum absolute atomic E-state index is 0.901. The van der Waals surface area contributed by atoms with E-state index in [-0.39, 0.29) is 0 Å². The normalized spacial score (nSPS) is 11.1. The molecule has 1 heterocycles. The highest BCUT2D eigenvalue weighted by Crippen LogP contribution is 2.27. The molecule has 1 aromatic carbocycles. The smallest absolute Gasteiger partial charge is 0.142 e. The van der Waals surface area contributed by atoms with Gasteiger partial charge in [-0.15, -0.1) is 6.58 Å². The molecule has 0 atom stereocenters. The Hall–Kier alpha value is -1.74. The first-order valence-electron chi connectivity index (χ1n) is 6.18. The summed E-state index contributed by atoms with van der Waals surface area (Å²) in [5.74, 6) is 0.901. The van der Waals surface area contributed by atoms with Gasteiger partial charge in [0.05, 0.1) is 12.6 Å². The van der Waals surface area contributed by atoms with Crippen molar-refractivity contribution in [1.82, 2.24) is 9.88 Å². The number of H-pyrrole nitrogens is 1. The second-order valence-corrected chi connectivity index (χ2v) is 4.50. The Bertz CT molecular complexity index is 530. The first-order valence-corrected chi connectivity index (χ1v) is 6.18. The summed E-state index contributed by atoms with van der Waals surface area (Å²) in [6, 6.07) is 6.15. The number of ether oxygens (including phenoxy) is 1. The maximum Gasteiger partial charge on any atom is 0.142 e. The van der Waals surface area contributed by atoms with Gasteiger partial charge in [-0.05, 0) is 25.1 Å². The number of fused-ring (bicyclic) bond motifs is 1. The minimum atomic E-state index is 0.901. The molecule has 18 heavy (non-hydrogen) atoms. The summed E-state index contributed by atoms with van der Waals surface area (Å²) >= 11 is 0. The largest absolute Gasteiger partial charge is 0.495 e. The van der Waals surface area contributed by atoms with Crippen molar-refractivity contribution in [1.29, 1.82) is 0 Å². The number of likely N-dealkylation sites (N-methyl/N-ethyl adjacent to an activating group) is 1. The number of benzene rings is 1. The maximum absolute atomic E-state index is 5.35. The molecular formula is C15H20N2O. The van der Waals surface area contributed by atoms with Crippen molar-refractivity contribution in [3.8, 4) is 5.75 Å². The Balaban J connectivity index is 2.17. The van der Waals surface area contributed by atoms with Gasteiger partial charge in [0.25, 0.3) is 0 Å². The van der Waals surface area contributed by atoms with Crippen molar-refractivity contribution in [3.05, 3.63) is 42.6 Å². The molecule has 0 aliphatic rings. The van der Waals surface area contributed by atoms with Crippen LogP contribution in [0.2, 0.25) is 0 Å². The molecule has 0 amide bonds. The molecule has 3 heteroatoms. The Morgan fingerprint density at radius 2 is 2.28 bits per heavy atom. The third-order valence-corrected chi connectivity index (χ3v) is 3.19. The number of hydrogen-bond donors (Lipinski definition) is 1. The number of hydrogen-bond acceptors (Lipinski definition) is 2. The predicted octanol–water partition coefficient (Wildman–Crippen LogP) is 2.84. The van der Waals surface area contributed by atoms with Crippen molar-refractivity contribution in [2.75, 3.05) is 27.2 Å². The lowest BCUT2D eigenvalue weighted by Crippen LogP contribution is -2.20. The van der Waals surface area contributed by atoms with Crippen molar-refractivity contribution >= 4 is 10.9 Å². The lowest BCUT2D eigenvalue weighted by molar-refractivity contribution is 0.376. The van der Waals surface area contributed by atoms with Gasteiger partial charge in [-0.25, -0.2) is 0 Å². The third-order valence-electron chi connectivity index (χ3n) is 3.19. The van der Waals surface area contributed by atoms with Gasteiger partial charge < -0.3 is 14.6 Å². The molecule has 0 spiro atoms. The summed E-state index contributed by atoms with van der Waals surface area (Å²) in [7, 11) is 3.81. The zero-order valence-electron chi connectivity index (χ0n) is 11.1. The molecule has 0 saturated heterocycles. The van der Waals surface area contributed by atoms with Crippen LogP contribution < -0.4 is 4.74 Å². The molecule has 3 nitrogen and oxygen atoms in total. The van der Waals surface area contributed by atoms with Crippen LogP contribution in [0.3, 0.4) is 0 Å². The average Bonchev–Trinajstić information content (AvgIpc) is 2.79. The molecule has 1 aromatic heterocycles. The van der Waals surface area contributed by atoms with E-state index in [1.54, 1.807) is 7.11 Å². The van der Waals surface area contributed by atoms with E-state index < -0.39 is 0 Å². The molecule has 2 aromatic rings. The Morgan fingerprint density at radius 1 is 1.44 bits per heavy atom. The fourth-order valence-electron chi connectivity index (χ4n) is 2.18. The lowest BCUT2D eigenvalue weighted by Gasteiger charge is -2.13. The van der Waals surface area contributed by atoms with Crippen LogP contribution >= 0.6 is 0 Å². The topological polar surface area (TPSA) is 28.3 Å². The van der Waals surface area contributed by atoms with E-state index in [1.807, 2.05) is 18.2 Å². The number of para-hydroxylation sites is 1. The van der Waals surface area contributed by atoms with Crippen LogP contribution in [0.15, 0.2) is 37.1 Å².